The molecule has 0 saturated heterocycles. The Morgan fingerprint density at radius 1 is 1.11 bits per heavy atom. The third-order valence-electron chi connectivity index (χ3n) is 1.09. The minimum absolute atomic E-state index is 0.0625. The summed E-state index contributed by atoms with van der Waals surface area (Å²) in [6.45, 7) is 4.14. The number of hydrogen-bond donors (Lipinski definition) is 0. The van der Waals surface area contributed by atoms with Crippen LogP contribution in [0.3, 0.4) is 0 Å². The van der Waals surface area contributed by atoms with Crippen LogP contribution in [0.4, 0.5) is 0 Å². The Bertz CT molecular complexity index is 91.6. The molecular weight excluding hydrogens is 380 g/mol. The van der Waals surface area contributed by atoms with E-state index in [1.54, 1.807) is 0 Å². The monoisotopic (exact) mass is 384 g/mol. The Hall–Kier alpha value is 1.92. The summed E-state index contributed by atoms with van der Waals surface area (Å²) < 4.78 is -0.158. The van der Waals surface area contributed by atoms with Crippen LogP contribution in [0, 0.1) is 0 Å². The van der Waals surface area contributed by atoms with E-state index >= 15 is 0 Å². The number of rotatable bonds is 2. The molecule has 0 nitrogen and oxygen atoms in total. The van der Waals surface area contributed by atoms with Crippen molar-refractivity contribution in [1.82, 2.24) is 0 Å². The van der Waals surface area contributed by atoms with E-state index in [2.05, 4.69) is 70.6 Å². The molecule has 0 aromatic rings. The van der Waals surface area contributed by atoms with Crippen molar-refractivity contribution in [3.8, 4) is 0 Å². The lowest BCUT2D eigenvalue weighted by atomic mass is 10.3. The maximum absolute atomic E-state index is 3.52. The summed E-state index contributed by atoms with van der Waals surface area (Å²) in [5, 5.41) is 0. The molecule has 0 amide bonds. The molecule has 0 aliphatic heterocycles. The predicted octanol–water partition coefficient (Wildman–Crippen LogP) is 4.39. The molecule has 0 fully saturated rings. The zero-order valence-electron chi connectivity index (χ0n) is 5.22. The van der Waals surface area contributed by atoms with Gasteiger partial charge < -0.3 is 0 Å². The fourth-order valence-electron chi connectivity index (χ4n) is 0.310. The molecule has 0 aliphatic rings. The maximum Gasteiger partial charge on any atom is 0.105 e. The van der Waals surface area contributed by atoms with Gasteiger partial charge in [-0.1, -0.05) is 70.6 Å². The van der Waals surface area contributed by atoms with Gasteiger partial charge in [-0.15, -0.1) is 0 Å². The fourth-order valence-corrected chi connectivity index (χ4v) is 0.871. The van der Waals surface area contributed by atoms with Crippen molar-refractivity contribution < 1.29 is 0 Å². The van der Waals surface area contributed by atoms with E-state index in [-0.39, 0.29) is 6.47 Å². The van der Waals surface area contributed by atoms with E-state index in [1.807, 2.05) is 6.92 Å². The van der Waals surface area contributed by atoms with Gasteiger partial charge in [-0.05, 0) is 13.3 Å². The molecule has 0 heterocycles. The summed E-state index contributed by atoms with van der Waals surface area (Å²) in [6.07, 6.45) is 1.00. The molecule has 0 radical (unpaired) electrons. The van der Waals surface area contributed by atoms with Gasteiger partial charge in [0.05, 0.1) is 0 Å². The van der Waals surface area contributed by atoms with Gasteiger partial charge in [-0.3, -0.25) is 0 Å². The van der Waals surface area contributed by atoms with Crippen molar-refractivity contribution in [3.05, 3.63) is 0 Å². The molecule has 0 aromatic carbocycles. The van der Waals surface area contributed by atoms with Crippen LogP contribution in [0.15, 0.2) is 0 Å². The Labute approximate surface area is 89.7 Å². The summed E-state index contributed by atoms with van der Waals surface area (Å²) >= 11 is 14.0. The van der Waals surface area contributed by atoms with E-state index in [4.69, 9.17) is 0 Å². The molecule has 0 aliphatic carbocycles. The fraction of sp³-hybridized carbons (Fsp3) is 1.00. The second-order valence-corrected chi connectivity index (χ2v) is 9.95. The van der Waals surface area contributed by atoms with Gasteiger partial charge in [0.2, 0.25) is 0 Å². The molecule has 0 rings (SSSR count). The van der Waals surface area contributed by atoms with Crippen LogP contribution in [-0.2, 0) is 0 Å². The first-order valence-electron chi connectivity index (χ1n) is 2.57. The Kier molecular flexibility index (Phi) is 4.30. The van der Waals surface area contributed by atoms with Crippen molar-refractivity contribution in [2.24, 2.45) is 0 Å². The number of hydrogen-bond acceptors (Lipinski definition) is 0. The lowest BCUT2D eigenvalue weighted by Gasteiger charge is -2.29. The van der Waals surface area contributed by atoms with Crippen LogP contribution in [0.1, 0.15) is 20.3 Å². The van der Waals surface area contributed by atoms with Crippen molar-refractivity contribution in [2.45, 2.75) is 26.7 Å². The third kappa shape index (κ3) is 3.21. The highest BCUT2D eigenvalue weighted by atomic mass is 79.9. The van der Waals surface area contributed by atoms with Crippen LogP contribution < -0.4 is 0 Å². The molecule has 0 bridgehead atoms. The highest BCUT2D eigenvalue weighted by Gasteiger charge is 2.38. The van der Waals surface area contributed by atoms with Crippen molar-refractivity contribution >= 4 is 63.7 Å². The molecule has 4 heteroatoms. The lowest BCUT2D eigenvalue weighted by molar-refractivity contribution is 0.762. The zero-order valence-corrected chi connectivity index (χ0v) is 11.6. The van der Waals surface area contributed by atoms with Gasteiger partial charge in [0.1, 0.15) is 6.47 Å². The molecule has 0 spiro atoms. The van der Waals surface area contributed by atoms with Crippen molar-refractivity contribution in [2.75, 3.05) is 0 Å². The molecule has 0 N–H and O–H groups in total. The first-order chi connectivity index (χ1) is 3.81. The van der Waals surface area contributed by atoms with Gasteiger partial charge in [-0.2, -0.15) is 0 Å². The summed E-state index contributed by atoms with van der Waals surface area (Å²) in [5.74, 6) is 0. The second-order valence-electron chi connectivity index (χ2n) is 1.95. The number of alkyl halides is 4. The Balaban J connectivity index is 4.14. The molecular formula is C5H8Br4. The van der Waals surface area contributed by atoms with Crippen LogP contribution in [0.25, 0.3) is 0 Å². The van der Waals surface area contributed by atoms with Crippen molar-refractivity contribution in [3.63, 3.8) is 0 Å². The van der Waals surface area contributed by atoms with Crippen LogP contribution >= 0.6 is 63.7 Å². The largest absolute Gasteiger partial charge is 0.105 e. The van der Waals surface area contributed by atoms with Gasteiger partial charge in [0.15, 0.2) is 0 Å². The lowest BCUT2D eigenvalue weighted by Crippen LogP contribution is -2.29. The summed E-state index contributed by atoms with van der Waals surface area (Å²) in [7, 11) is 0. The van der Waals surface area contributed by atoms with E-state index < -0.39 is 0 Å². The summed E-state index contributed by atoms with van der Waals surface area (Å²) in [4.78, 5) is 0. The quantitative estimate of drug-likeness (QED) is 0.617. The molecule has 56 valence electrons. The predicted molar refractivity (Wildman–Crippen MR) is 57.1 cm³/mol. The first-order valence-corrected chi connectivity index (χ1v) is 5.74. The van der Waals surface area contributed by atoms with Gasteiger partial charge in [-0.25, -0.2) is 0 Å². The second kappa shape index (κ2) is 3.55. The molecule has 0 aromatic heterocycles. The maximum atomic E-state index is 3.52. The molecule has 0 unspecified atom stereocenters. The minimum Gasteiger partial charge on any atom is -0.0705 e. The molecule has 0 atom stereocenters. The average Bonchev–Trinajstić information content (AvgIpc) is 1.64. The van der Waals surface area contributed by atoms with Gasteiger partial charge >= 0.3 is 0 Å². The van der Waals surface area contributed by atoms with Crippen LogP contribution in [0.5, 0.6) is 0 Å². The summed E-state index contributed by atoms with van der Waals surface area (Å²) in [6, 6.07) is 0. The first kappa shape index (κ1) is 10.9. The van der Waals surface area contributed by atoms with E-state index in [1.165, 1.54) is 0 Å². The standard InChI is InChI=1S/C5H8Br4/c1-3-5(8,9)4(2,6)7/h3H2,1-2H3. The Morgan fingerprint density at radius 2 is 1.44 bits per heavy atom. The highest BCUT2D eigenvalue weighted by molar-refractivity contribution is 9.30. The van der Waals surface area contributed by atoms with Gasteiger partial charge in [0, 0.05) is 0 Å². The summed E-state index contributed by atoms with van der Waals surface area (Å²) in [5.41, 5.74) is 0. The normalized spacial score (nSPS) is 14.0. The minimum atomic E-state index is -0.0955. The van der Waals surface area contributed by atoms with Crippen LogP contribution in [0.2, 0.25) is 0 Å². The molecule has 0 saturated carbocycles. The van der Waals surface area contributed by atoms with Crippen LogP contribution in [-0.4, -0.2) is 6.47 Å². The van der Waals surface area contributed by atoms with E-state index in [0.29, 0.717) is 0 Å². The smallest absolute Gasteiger partial charge is 0.0705 e. The van der Waals surface area contributed by atoms with E-state index in [9.17, 15) is 0 Å². The molecule has 9 heavy (non-hydrogen) atoms. The number of halogens is 4. The van der Waals surface area contributed by atoms with Crippen molar-refractivity contribution in [1.29, 1.82) is 0 Å². The third-order valence-corrected chi connectivity index (χ3v) is 7.28. The zero-order chi connectivity index (χ0) is 7.71. The Morgan fingerprint density at radius 3 is 1.44 bits per heavy atom. The SMILES string of the molecule is CCC(Br)(Br)C(C)(Br)Br. The average molecular weight is 388 g/mol. The van der Waals surface area contributed by atoms with Gasteiger partial charge in [0.25, 0.3) is 0 Å². The van der Waals surface area contributed by atoms with E-state index in [0.717, 1.165) is 6.42 Å². The highest BCUT2D eigenvalue weighted by Crippen LogP contribution is 2.49. The topological polar surface area (TPSA) is 0 Å².